The van der Waals surface area contributed by atoms with Crippen molar-refractivity contribution in [2.24, 2.45) is 11.8 Å². The average molecular weight is 284 g/mol. The maximum atomic E-state index is 12.1. The van der Waals surface area contributed by atoms with Crippen LogP contribution in [0.25, 0.3) is 0 Å². The Hall–Kier alpha value is -0.940. The summed E-state index contributed by atoms with van der Waals surface area (Å²) in [6, 6.07) is 0. The number of hydrogen-bond donors (Lipinski definition) is 2. The number of ketones is 1. The van der Waals surface area contributed by atoms with E-state index in [2.05, 4.69) is 5.32 Å². The summed E-state index contributed by atoms with van der Waals surface area (Å²) in [7, 11) is 0. The number of hydrogen-bond acceptors (Lipinski definition) is 4. The number of amides is 1. The van der Waals surface area contributed by atoms with E-state index in [1.165, 1.54) is 0 Å². The number of aliphatic hydroxyl groups is 1. The van der Waals surface area contributed by atoms with E-state index in [0.29, 0.717) is 6.54 Å². The van der Waals surface area contributed by atoms with Crippen LogP contribution in [0.1, 0.15) is 46.5 Å². The first-order valence-electron chi connectivity index (χ1n) is 7.68. The summed E-state index contributed by atoms with van der Waals surface area (Å²) < 4.78 is 0. The van der Waals surface area contributed by atoms with Gasteiger partial charge in [-0.25, -0.2) is 0 Å². The Morgan fingerprint density at radius 3 is 2.70 bits per heavy atom. The Morgan fingerprint density at radius 2 is 2.10 bits per heavy atom. The molecular weight excluding hydrogens is 256 g/mol. The van der Waals surface area contributed by atoms with Gasteiger partial charge < -0.3 is 10.4 Å². The molecule has 116 valence electrons. The number of rotatable bonds is 7. The number of piperidine rings is 1. The second-order valence-corrected chi connectivity index (χ2v) is 5.94. The molecule has 1 heterocycles. The molecule has 1 fully saturated rings. The predicted octanol–water partition coefficient (Wildman–Crippen LogP) is 1.16. The molecule has 1 saturated heterocycles. The van der Waals surface area contributed by atoms with Crippen molar-refractivity contribution in [2.45, 2.75) is 52.7 Å². The molecule has 1 rings (SSSR count). The highest BCUT2D eigenvalue weighted by Crippen LogP contribution is 2.19. The number of aliphatic hydroxyl groups excluding tert-OH is 1. The largest absolute Gasteiger partial charge is 0.378 e. The van der Waals surface area contributed by atoms with E-state index >= 15 is 0 Å². The molecule has 2 unspecified atom stereocenters. The third-order valence-electron chi connectivity index (χ3n) is 3.87. The zero-order chi connectivity index (χ0) is 15.1. The number of carbonyl (C=O) groups is 2. The standard InChI is InChI=1S/C15H28N2O3/c1-4-6-14(19)17-8-5-7-12(10-17)15(20)16-9-13(18)11(2)3/h11-12,14,19H,4-10H2,1-3H3,(H,16,20). The first kappa shape index (κ1) is 17.1. The first-order valence-corrected chi connectivity index (χ1v) is 7.68. The fourth-order valence-electron chi connectivity index (χ4n) is 2.45. The zero-order valence-electron chi connectivity index (χ0n) is 12.9. The quantitative estimate of drug-likeness (QED) is 0.736. The molecule has 0 aromatic heterocycles. The van der Waals surface area contributed by atoms with Gasteiger partial charge in [-0.1, -0.05) is 27.2 Å². The Morgan fingerprint density at radius 1 is 1.40 bits per heavy atom. The summed E-state index contributed by atoms with van der Waals surface area (Å²) in [5.74, 6) is -0.177. The Bertz CT molecular complexity index is 331. The summed E-state index contributed by atoms with van der Waals surface area (Å²) in [5.41, 5.74) is 0. The van der Waals surface area contributed by atoms with Crippen LogP contribution in [0, 0.1) is 11.8 Å². The summed E-state index contributed by atoms with van der Waals surface area (Å²) >= 11 is 0. The summed E-state index contributed by atoms with van der Waals surface area (Å²) in [6.45, 7) is 7.24. The second-order valence-electron chi connectivity index (χ2n) is 5.94. The van der Waals surface area contributed by atoms with Crippen LogP contribution in [0.5, 0.6) is 0 Å². The fraction of sp³-hybridized carbons (Fsp3) is 0.867. The van der Waals surface area contributed by atoms with Crippen molar-refractivity contribution in [3.63, 3.8) is 0 Å². The van der Waals surface area contributed by atoms with Gasteiger partial charge >= 0.3 is 0 Å². The lowest BCUT2D eigenvalue weighted by Gasteiger charge is -2.35. The highest BCUT2D eigenvalue weighted by Gasteiger charge is 2.28. The molecule has 2 N–H and O–H groups in total. The van der Waals surface area contributed by atoms with Gasteiger partial charge in [0.05, 0.1) is 12.5 Å². The predicted molar refractivity (Wildman–Crippen MR) is 78.1 cm³/mol. The minimum absolute atomic E-state index is 0.0514. The molecule has 0 spiro atoms. The SMILES string of the molecule is CCCC(O)N1CCCC(C(=O)NCC(=O)C(C)C)C1. The Balaban J connectivity index is 2.42. The van der Waals surface area contributed by atoms with Crippen molar-refractivity contribution in [1.82, 2.24) is 10.2 Å². The summed E-state index contributed by atoms with van der Waals surface area (Å²) in [4.78, 5) is 25.6. The average Bonchev–Trinajstić information content (AvgIpc) is 2.44. The number of Topliss-reactive ketones (excluding diaryl/α,β-unsaturated/α-hetero) is 1. The van der Waals surface area contributed by atoms with Crippen LogP contribution in [-0.2, 0) is 9.59 Å². The highest BCUT2D eigenvalue weighted by molar-refractivity contribution is 5.88. The van der Waals surface area contributed by atoms with E-state index in [0.717, 1.165) is 32.2 Å². The van der Waals surface area contributed by atoms with Crippen LogP contribution in [0.4, 0.5) is 0 Å². The van der Waals surface area contributed by atoms with Crippen molar-refractivity contribution in [2.75, 3.05) is 19.6 Å². The van der Waals surface area contributed by atoms with E-state index < -0.39 is 6.23 Å². The third kappa shape index (κ3) is 5.21. The summed E-state index contributed by atoms with van der Waals surface area (Å²) in [5, 5.41) is 12.7. The smallest absolute Gasteiger partial charge is 0.224 e. The van der Waals surface area contributed by atoms with Crippen molar-refractivity contribution in [3.05, 3.63) is 0 Å². The van der Waals surface area contributed by atoms with Gasteiger partial charge in [0.25, 0.3) is 0 Å². The molecule has 2 atom stereocenters. The monoisotopic (exact) mass is 284 g/mol. The molecule has 0 radical (unpaired) electrons. The molecular formula is C15H28N2O3. The van der Waals surface area contributed by atoms with E-state index in [1.807, 2.05) is 25.7 Å². The highest BCUT2D eigenvalue weighted by atomic mass is 16.3. The molecule has 1 aliphatic heterocycles. The van der Waals surface area contributed by atoms with Crippen LogP contribution < -0.4 is 5.32 Å². The van der Waals surface area contributed by atoms with Crippen LogP contribution in [0.2, 0.25) is 0 Å². The van der Waals surface area contributed by atoms with E-state index in [4.69, 9.17) is 0 Å². The molecule has 0 saturated carbocycles. The molecule has 1 amide bonds. The number of carbonyl (C=O) groups excluding carboxylic acids is 2. The lowest BCUT2D eigenvalue weighted by atomic mass is 9.96. The first-order chi connectivity index (χ1) is 9.45. The van der Waals surface area contributed by atoms with Crippen molar-refractivity contribution >= 4 is 11.7 Å². The van der Waals surface area contributed by atoms with E-state index in [-0.39, 0.29) is 30.1 Å². The minimum Gasteiger partial charge on any atom is -0.378 e. The number of likely N-dealkylation sites (tertiary alicyclic amines) is 1. The molecule has 20 heavy (non-hydrogen) atoms. The van der Waals surface area contributed by atoms with Crippen LogP contribution >= 0.6 is 0 Å². The van der Waals surface area contributed by atoms with Gasteiger partial charge in [0.2, 0.25) is 5.91 Å². The molecule has 0 aromatic carbocycles. The molecule has 0 aromatic rings. The second kappa shape index (κ2) is 8.37. The third-order valence-corrected chi connectivity index (χ3v) is 3.87. The summed E-state index contributed by atoms with van der Waals surface area (Å²) in [6.07, 6.45) is 2.96. The Kier molecular flexibility index (Phi) is 7.16. The van der Waals surface area contributed by atoms with E-state index in [9.17, 15) is 14.7 Å². The molecule has 1 aliphatic rings. The van der Waals surface area contributed by atoms with E-state index in [1.54, 1.807) is 0 Å². The van der Waals surface area contributed by atoms with Gasteiger partial charge in [-0.15, -0.1) is 0 Å². The molecule has 0 bridgehead atoms. The van der Waals surface area contributed by atoms with Gasteiger partial charge in [-0.3, -0.25) is 14.5 Å². The number of nitrogens with zero attached hydrogens (tertiary/aromatic N) is 1. The van der Waals surface area contributed by atoms with Gasteiger partial charge in [-0.2, -0.15) is 0 Å². The van der Waals surface area contributed by atoms with Crippen LogP contribution in [0.3, 0.4) is 0 Å². The van der Waals surface area contributed by atoms with Crippen molar-refractivity contribution in [3.8, 4) is 0 Å². The van der Waals surface area contributed by atoms with Crippen LogP contribution in [-0.4, -0.2) is 47.6 Å². The van der Waals surface area contributed by atoms with Crippen LogP contribution in [0.15, 0.2) is 0 Å². The van der Waals surface area contributed by atoms with Gasteiger partial charge in [0, 0.05) is 19.0 Å². The van der Waals surface area contributed by atoms with Gasteiger partial charge in [-0.05, 0) is 19.3 Å². The Labute approximate surface area is 121 Å². The van der Waals surface area contributed by atoms with Crippen molar-refractivity contribution < 1.29 is 14.7 Å². The topological polar surface area (TPSA) is 69.6 Å². The lowest BCUT2D eigenvalue weighted by Crippen LogP contribution is -2.47. The molecule has 5 nitrogen and oxygen atoms in total. The van der Waals surface area contributed by atoms with Crippen molar-refractivity contribution in [1.29, 1.82) is 0 Å². The lowest BCUT2D eigenvalue weighted by molar-refractivity contribution is -0.131. The molecule has 5 heteroatoms. The normalized spacial score (nSPS) is 21.8. The maximum Gasteiger partial charge on any atom is 0.224 e. The number of nitrogens with one attached hydrogen (secondary N) is 1. The molecule has 0 aliphatic carbocycles. The van der Waals surface area contributed by atoms with Gasteiger partial charge in [0.15, 0.2) is 5.78 Å². The fourth-order valence-corrected chi connectivity index (χ4v) is 2.45. The maximum absolute atomic E-state index is 12.1. The van der Waals surface area contributed by atoms with Gasteiger partial charge in [0.1, 0.15) is 6.23 Å². The zero-order valence-corrected chi connectivity index (χ0v) is 12.9. The minimum atomic E-state index is -0.451.